The number of fused-ring (bicyclic) bond motifs is 1. The van der Waals surface area contributed by atoms with Crippen molar-refractivity contribution in [2.75, 3.05) is 6.61 Å². The van der Waals surface area contributed by atoms with E-state index in [1.54, 1.807) is 0 Å². The molecule has 0 saturated heterocycles. The Morgan fingerprint density at radius 1 is 1.54 bits per heavy atom. The van der Waals surface area contributed by atoms with Gasteiger partial charge in [0.1, 0.15) is 5.92 Å². The first-order valence-corrected chi connectivity index (χ1v) is 3.80. The molecule has 6 heteroatoms. The summed E-state index contributed by atoms with van der Waals surface area (Å²) in [7, 11) is 0. The molecule has 2 rings (SSSR count). The Bertz CT molecular complexity index is 391. The van der Waals surface area contributed by atoms with E-state index in [0.29, 0.717) is 11.3 Å². The van der Waals surface area contributed by atoms with Gasteiger partial charge in [-0.15, -0.1) is 0 Å². The molecule has 2 heterocycles. The molecular formula is C7H8N2O4. The van der Waals surface area contributed by atoms with E-state index in [9.17, 15) is 9.59 Å². The quantitative estimate of drug-likeness (QED) is 0.543. The summed E-state index contributed by atoms with van der Waals surface area (Å²) in [6, 6.07) is 0. The summed E-state index contributed by atoms with van der Waals surface area (Å²) in [6.07, 6.45) is 0. The van der Waals surface area contributed by atoms with Crippen LogP contribution in [-0.2, 0) is 16.1 Å². The molecule has 1 aliphatic heterocycles. The third kappa shape index (κ3) is 1.15. The Labute approximate surface area is 72.5 Å². The molecule has 1 aromatic heterocycles. The van der Waals surface area contributed by atoms with Crippen molar-refractivity contribution in [3.8, 4) is 0 Å². The first-order chi connectivity index (χ1) is 6.20. The van der Waals surface area contributed by atoms with Crippen LogP contribution in [0.25, 0.3) is 0 Å². The topological polar surface area (TPSA) is 95.2 Å². The average Bonchev–Trinajstić information content (AvgIpc) is 2.48. The molecule has 1 aromatic rings. The van der Waals surface area contributed by atoms with Gasteiger partial charge in [0, 0.05) is 0 Å². The number of carbonyl (C=O) groups is 1. The largest absolute Gasteiger partial charge is 0.481 e. The molecule has 0 bridgehead atoms. The zero-order valence-electron chi connectivity index (χ0n) is 6.66. The fourth-order valence-electron chi connectivity index (χ4n) is 1.39. The van der Waals surface area contributed by atoms with Gasteiger partial charge in [-0.25, -0.2) is 0 Å². The van der Waals surface area contributed by atoms with E-state index < -0.39 is 11.9 Å². The van der Waals surface area contributed by atoms with Crippen molar-refractivity contribution < 1.29 is 14.6 Å². The Hall–Kier alpha value is -1.56. The summed E-state index contributed by atoms with van der Waals surface area (Å²) >= 11 is 0. The van der Waals surface area contributed by atoms with Gasteiger partial charge in [0.2, 0.25) is 0 Å². The summed E-state index contributed by atoms with van der Waals surface area (Å²) in [6.45, 7) is 0.286. The van der Waals surface area contributed by atoms with Crippen LogP contribution in [0.15, 0.2) is 4.79 Å². The maximum absolute atomic E-state index is 11.1. The van der Waals surface area contributed by atoms with Crippen LogP contribution in [0.5, 0.6) is 0 Å². The van der Waals surface area contributed by atoms with Crippen LogP contribution in [0.2, 0.25) is 0 Å². The number of aromatic nitrogens is 2. The summed E-state index contributed by atoms with van der Waals surface area (Å²) in [5, 5.41) is 13.7. The number of aliphatic carboxylic acids is 1. The standard InChI is InChI=1S/C7H8N2O4/c10-6-3-1-13-2-4(7(11)12)5(3)8-9-6/h4H,1-2H2,(H,11,12)(H2,8,9,10). The molecule has 1 unspecified atom stereocenters. The number of carboxylic acid groups (broad SMARTS) is 1. The van der Waals surface area contributed by atoms with Crippen LogP contribution in [0, 0.1) is 0 Å². The fraction of sp³-hybridized carbons (Fsp3) is 0.429. The SMILES string of the molecule is O=C(O)C1COCc2c1[nH][nH]c2=O. The van der Waals surface area contributed by atoms with Gasteiger partial charge < -0.3 is 14.9 Å². The Morgan fingerprint density at radius 3 is 3.00 bits per heavy atom. The van der Waals surface area contributed by atoms with Crippen molar-refractivity contribution in [1.29, 1.82) is 0 Å². The molecule has 0 fully saturated rings. The number of hydrogen-bond donors (Lipinski definition) is 3. The van der Waals surface area contributed by atoms with Crippen LogP contribution in [0.3, 0.4) is 0 Å². The predicted octanol–water partition coefficient (Wildman–Crippen LogP) is -0.599. The molecule has 3 N–H and O–H groups in total. The van der Waals surface area contributed by atoms with Crippen molar-refractivity contribution in [2.45, 2.75) is 12.5 Å². The van der Waals surface area contributed by atoms with Gasteiger partial charge in [0.25, 0.3) is 5.56 Å². The smallest absolute Gasteiger partial charge is 0.314 e. The number of aromatic amines is 2. The summed E-state index contributed by atoms with van der Waals surface area (Å²) in [5.74, 6) is -1.75. The number of nitrogens with one attached hydrogen (secondary N) is 2. The van der Waals surface area contributed by atoms with Crippen LogP contribution in [-0.4, -0.2) is 27.9 Å². The number of ether oxygens (including phenoxy) is 1. The molecule has 70 valence electrons. The maximum Gasteiger partial charge on any atom is 0.314 e. The number of hydrogen-bond acceptors (Lipinski definition) is 3. The molecule has 1 atom stereocenters. The molecular weight excluding hydrogens is 176 g/mol. The lowest BCUT2D eigenvalue weighted by atomic mass is 10.0. The van der Waals surface area contributed by atoms with E-state index in [2.05, 4.69) is 10.2 Å². The van der Waals surface area contributed by atoms with Crippen molar-refractivity contribution in [1.82, 2.24) is 10.2 Å². The lowest BCUT2D eigenvalue weighted by Crippen LogP contribution is -2.25. The average molecular weight is 184 g/mol. The highest BCUT2D eigenvalue weighted by molar-refractivity contribution is 5.76. The van der Waals surface area contributed by atoms with Crippen LogP contribution in [0.4, 0.5) is 0 Å². The van der Waals surface area contributed by atoms with Crippen LogP contribution < -0.4 is 5.56 Å². The van der Waals surface area contributed by atoms with Crippen molar-refractivity contribution in [2.24, 2.45) is 0 Å². The second-order valence-electron chi connectivity index (χ2n) is 2.88. The van der Waals surface area contributed by atoms with E-state index in [4.69, 9.17) is 9.84 Å². The van der Waals surface area contributed by atoms with Gasteiger partial charge in [0.15, 0.2) is 0 Å². The Kier molecular flexibility index (Phi) is 1.70. The second-order valence-corrected chi connectivity index (χ2v) is 2.88. The van der Waals surface area contributed by atoms with Gasteiger partial charge in [0.05, 0.1) is 24.5 Å². The molecule has 1 aliphatic rings. The number of carboxylic acids is 1. The first-order valence-electron chi connectivity index (χ1n) is 3.80. The zero-order valence-corrected chi connectivity index (χ0v) is 6.66. The van der Waals surface area contributed by atoms with E-state index in [1.165, 1.54) is 0 Å². The van der Waals surface area contributed by atoms with Gasteiger partial charge in [-0.2, -0.15) is 0 Å². The first kappa shape index (κ1) is 8.06. The van der Waals surface area contributed by atoms with E-state index in [-0.39, 0.29) is 18.8 Å². The van der Waals surface area contributed by atoms with E-state index in [0.717, 1.165) is 0 Å². The highest BCUT2D eigenvalue weighted by atomic mass is 16.5. The lowest BCUT2D eigenvalue weighted by molar-refractivity contribution is -0.141. The molecule has 13 heavy (non-hydrogen) atoms. The molecule has 0 amide bonds. The molecule has 0 aliphatic carbocycles. The third-order valence-electron chi connectivity index (χ3n) is 2.09. The molecule has 0 radical (unpaired) electrons. The highest BCUT2D eigenvalue weighted by Gasteiger charge is 2.30. The van der Waals surface area contributed by atoms with E-state index in [1.807, 2.05) is 0 Å². The Morgan fingerprint density at radius 2 is 2.31 bits per heavy atom. The van der Waals surface area contributed by atoms with Crippen LogP contribution in [0.1, 0.15) is 17.2 Å². The maximum atomic E-state index is 11.1. The molecule has 0 saturated carbocycles. The molecule has 0 spiro atoms. The Balaban J connectivity index is 2.49. The predicted molar refractivity (Wildman–Crippen MR) is 41.4 cm³/mol. The minimum Gasteiger partial charge on any atom is -0.481 e. The summed E-state index contributed by atoms with van der Waals surface area (Å²) in [4.78, 5) is 21.8. The van der Waals surface area contributed by atoms with E-state index >= 15 is 0 Å². The minimum atomic E-state index is -0.990. The second kappa shape index (κ2) is 2.74. The van der Waals surface area contributed by atoms with Gasteiger partial charge in [-0.1, -0.05) is 0 Å². The summed E-state index contributed by atoms with van der Waals surface area (Å²) < 4.78 is 4.99. The monoisotopic (exact) mass is 184 g/mol. The number of rotatable bonds is 1. The van der Waals surface area contributed by atoms with Crippen molar-refractivity contribution in [3.05, 3.63) is 21.6 Å². The van der Waals surface area contributed by atoms with Crippen molar-refractivity contribution in [3.63, 3.8) is 0 Å². The summed E-state index contributed by atoms with van der Waals surface area (Å²) in [5.41, 5.74) is 0.517. The normalized spacial score (nSPS) is 21.1. The molecule has 6 nitrogen and oxygen atoms in total. The minimum absolute atomic E-state index is 0.107. The number of H-pyrrole nitrogens is 2. The van der Waals surface area contributed by atoms with Gasteiger partial charge >= 0.3 is 5.97 Å². The highest BCUT2D eigenvalue weighted by Crippen LogP contribution is 2.21. The van der Waals surface area contributed by atoms with Crippen LogP contribution >= 0.6 is 0 Å². The zero-order chi connectivity index (χ0) is 9.42. The molecule has 0 aromatic carbocycles. The van der Waals surface area contributed by atoms with Crippen molar-refractivity contribution >= 4 is 5.97 Å². The third-order valence-corrected chi connectivity index (χ3v) is 2.09. The van der Waals surface area contributed by atoms with Gasteiger partial charge in [-0.05, 0) is 0 Å². The lowest BCUT2D eigenvalue weighted by Gasteiger charge is -2.17. The fourth-order valence-corrected chi connectivity index (χ4v) is 1.39. The van der Waals surface area contributed by atoms with Gasteiger partial charge in [-0.3, -0.25) is 14.7 Å².